The van der Waals surface area contributed by atoms with Crippen LogP contribution in [-0.4, -0.2) is 29.8 Å². The van der Waals surface area contributed by atoms with Gasteiger partial charge >= 0.3 is 0 Å². The summed E-state index contributed by atoms with van der Waals surface area (Å²) in [4.78, 5) is 26.7. The fourth-order valence-electron chi connectivity index (χ4n) is 3.06. The summed E-state index contributed by atoms with van der Waals surface area (Å²) in [7, 11) is 0. The molecule has 0 aromatic heterocycles. The molecule has 0 saturated carbocycles. The van der Waals surface area contributed by atoms with Crippen molar-refractivity contribution >= 4 is 17.5 Å². The third kappa shape index (κ3) is 6.20. The average molecular weight is 423 g/mol. The molecular formula is C24H23F2N3O2. The summed E-state index contributed by atoms with van der Waals surface area (Å²) >= 11 is 0. The van der Waals surface area contributed by atoms with Crippen molar-refractivity contribution in [2.24, 2.45) is 5.73 Å². The molecule has 160 valence electrons. The molecule has 3 aromatic carbocycles. The number of nitrogens with zero attached hydrogens (tertiary/aromatic N) is 1. The van der Waals surface area contributed by atoms with Crippen molar-refractivity contribution in [3.05, 3.63) is 101 Å². The van der Waals surface area contributed by atoms with E-state index in [1.165, 1.54) is 42.5 Å². The Kier molecular flexibility index (Phi) is 7.45. The molecule has 0 unspecified atom stereocenters. The Morgan fingerprint density at radius 2 is 1.58 bits per heavy atom. The number of nitrogens with one attached hydrogen (secondary N) is 1. The molecule has 0 aliphatic rings. The number of carbonyl (C=O) groups is 2. The number of halogens is 2. The highest BCUT2D eigenvalue weighted by Gasteiger charge is 2.16. The second kappa shape index (κ2) is 10.4. The van der Waals surface area contributed by atoms with Crippen LogP contribution in [0.2, 0.25) is 0 Å². The number of carbonyl (C=O) groups excluding carboxylic acids is 2. The Balaban J connectivity index is 1.68. The molecule has 0 spiro atoms. The van der Waals surface area contributed by atoms with Crippen molar-refractivity contribution in [3.63, 3.8) is 0 Å². The summed E-state index contributed by atoms with van der Waals surface area (Å²) in [5.74, 6) is -1.50. The van der Waals surface area contributed by atoms with E-state index >= 15 is 0 Å². The molecule has 0 radical (unpaired) electrons. The number of amides is 2. The van der Waals surface area contributed by atoms with Crippen LogP contribution in [0.1, 0.15) is 32.7 Å². The molecule has 7 heteroatoms. The van der Waals surface area contributed by atoms with Gasteiger partial charge in [0.2, 0.25) is 0 Å². The van der Waals surface area contributed by atoms with Gasteiger partial charge in [-0.05, 0) is 73.1 Å². The van der Waals surface area contributed by atoms with Gasteiger partial charge in [0, 0.05) is 29.9 Å². The molecule has 5 nitrogen and oxygen atoms in total. The Morgan fingerprint density at radius 1 is 0.871 bits per heavy atom. The van der Waals surface area contributed by atoms with Gasteiger partial charge in [0.1, 0.15) is 11.6 Å². The second-order valence-electron chi connectivity index (χ2n) is 7.04. The lowest BCUT2D eigenvalue weighted by Gasteiger charge is -2.23. The minimum Gasteiger partial charge on any atom is -0.334 e. The van der Waals surface area contributed by atoms with E-state index in [1.54, 1.807) is 35.2 Å². The predicted octanol–water partition coefficient (Wildman–Crippen LogP) is 4.21. The first-order valence-electron chi connectivity index (χ1n) is 9.87. The van der Waals surface area contributed by atoms with Crippen LogP contribution in [-0.2, 0) is 6.54 Å². The molecule has 0 aliphatic carbocycles. The topological polar surface area (TPSA) is 75.4 Å². The van der Waals surface area contributed by atoms with E-state index < -0.39 is 11.6 Å². The Bertz CT molecular complexity index is 1040. The first-order valence-corrected chi connectivity index (χ1v) is 9.87. The Morgan fingerprint density at radius 3 is 2.23 bits per heavy atom. The standard InChI is InChI=1S/C24H23F2N3O2/c25-20-9-7-18(8-10-20)23(30)28-22-11-5-17(6-12-22)16-29(14-2-13-27)24(31)19-3-1-4-21(26)15-19/h1,3-12,15H,2,13-14,16,27H2,(H,28,30). The van der Waals surface area contributed by atoms with Crippen LogP contribution in [0.5, 0.6) is 0 Å². The second-order valence-corrected chi connectivity index (χ2v) is 7.04. The molecule has 0 aliphatic heterocycles. The zero-order chi connectivity index (χ0) is 22.2. The molecule has 0 bridgehead atoms. The number of benzene rings is 3. The first-order chi connectivity index (χ1) is 15.0. The maximum Gasteiger partial charge on any atom is 0.255 e. The molecule has 3 rings (SSSR count). The van der Waals surface area contributed by atoms with E-state index in [1.807, 2.05) is 0 Å². The van der Waals surface area contributed by atoms with E-state index in [0.29, 0.717) is 37.3 Å². The van der Waals surface area contributed by atoms with Crippen LogP contribution in [0, 0.1) is 11.6 Å². The smallest absolute Gasteiger partial charge is 0.255 e. The van der Waals surface area contributed by atoms with Gasteiger partial charge in [-0.3, -0.25) is 9.59 Å². The number of nitrogens with two attached hydrogens (primary N) is 1. The van der Waals surface area contributed by atoms with Gasteiger partial charge in [-0.2, -0.15) is 0 Å². The molecule has 0 atom stereocenters. The Hall–Kier alpha value is -3.58. The van der Waals surface area contributed by atoms with Crippen LogP contribution in [0.3, 0.4) is 0 Å². The van der Waals surface area contributed by atoms with Crippen LogP contribution >= 0.6 is 0 Å². The van der Waals surface area contributed by atoms with Crippen molar-refractivity contribution in [3.8, 4) is 0 Å². The highest BCUT2D eigenvalue weighted by molar-refractivity contribution is 6.04. The van der Waals surface area contributed by atoms with Crippen LogP contribution in [0.4, 0.5) is 14.5 Å². The minimum atomic E-state index is -0.467. The van der Waals surface area contributed by atoms with Crippen molar-refractivity contribution < 1.29 is 18.4 Å². The van der Waals surface area contributed by atoms with Gasteiger partial charge in [0.15, 0.2) is 0 Å². The van der Waals surface area contributed by atoms with Crippen LogP contribution in [0.25, 0.3) is 0 Å². The lowest BCUT2D eigenvalue weighted by atomic mass is 10.1. The molecule has 0 heterocycles. The van der Waals surface area contributed by atoms with Crippen LogP contribution in [0.15, 0.2) is 72.8 Å². The molecule has 0 fully saturated rings. The fourth-order valence-corrected chi connectivity index (χ4v) is 3.06. The summed E-state index contributed by atoms with van der Waals surface area (Å²) < 4.78 is 26.5. The van der Waals surface area contributed by atoms with Gasteiger partial charge in [-0.25, -0.2) is 8.78 Å². The average Bonchev–Trinajstić information content (AvgIpc) is 2.77. The quantitative estimate of drug-likeness (QED) is 0.570. The third-order valence-corrected chi connectivity index (χ3v) is 4.68. The van der Waals surface area contributed by atoms with Gasteiger partial charge in [0.25, 0.3) is 11.8 Å². The maximum absolute atomic E-state index is 13.5. The predicted molar refractivity (Wildman–Crippen MR) is 116 cm³/mol. The summed E-state index contributed by atoms with van der Waals surface area (Å²) in [5.41, 5.74) is 7.64. The SMILES string of the molecule is NCCCN(Cc1ccc(NC(=O)c2ccc(F)cc2)cc1)C(=O)c1cccc(F)c1. The molecule has 3 aromatic rings. The fraction of sp³-hybridized carbons (Fsp3) is 0.167. The van der Waals surface area contributed by atoms with Crippen molar-refractivity contribution in [2.75, 3.05) is 18.4 Å². The van der Waals surface area contributed by atoms with Gasteiger partial charge in [0.05, 0.1) is 0 Å². The summed E-state index contributed by atoms with van der Waals surface area (Å²) in [6, 6.07) is 17.9. The van der Waals surface area contributed by atoms with Crippen molar-refractivity contribution in [1.29, 1.82) is 0 Å². The molecule has 2 amide bonds. The van der Waals surface area contributed by atoms with E-state index in [4.69, 9.17) is 5.73 Å². The minimum absolute atomic E-state index is 0.276. The summed E-state index contributed by atoms with van der Waals surface area (Å²) in [5, 5.41) is 2.75. The number of anilines is 1. The lowest BCUT2D eigenvalue weighted by Crippen LogP contribution is -2.32. The number of hydrogen-bond donors (Lipinski definition) is 2. The molecular weight excluding hydrogens is 400 g/mol. The van der Waals surface area contributed by atoms with E-state index in [-0.39, 0.29) is 17.4 Å². The summed E-state index contributed by atoms with van der Waals surface area (Å²) in [6.45, 7) is 1.19. The van der Waals surface area contributed by atoms with Gasteiger partial charge in [-0.1, -0.05) is 18.2 Å². The number of rotatable bonds is 8. The maximum atomic E-state index is 13.5. The molecule has 31 heavy (non-hydrogen) atoms. The van der Waals surface area contributed by atoms with E-state index in [2.05, 4.69) is 5.32 Å². The highest BCUT2D eigenvalue weighted by Crippen LogP contribution is 2.16. The lowest BCUT2D eigenvalue weighted by molar-refractivity contribution is 0.0741. The Labute approximate surface area is 179 Å². The van der Waals surface area contributed by atoms with Gasteiger partial charge in [-0.15, -0.1) is 0 Å². The largest absolute Gasteiger partial charge is 0.334 e. The molecule has 3 N–H and O–H groups in total. The highest BCUT2D eigenvalue weighted by atomic mass is 19.1. The first kappa shape index (κ1) is 22.1. The van der Waals surface area contributed by atoms with E-state index in [9.17, 15) is 18.4 Å². The normalized spacial score (nSPS) is 10.5. The van der Waals surface area contributed by atoms with E-state index in [0.717, 1.165) is 5.56 Å². The monoisotopic (exact) mass is 423 g/mol. The third-order valence-electron chi connectivity index (χ3n) is 4.68. The van der Waals surface area contributed by atoms with Gasteiger partial charge < -0.3 is 16.0 Å². The van der Waals surface area contributed by atoms with Crippen LogP contribution < -0.4 is 11.1 Å². The van der Waals surface area contributed by atoms with Crippen molar-refractivity contribution in [2.45, 2.75) is 13.0 Å². The van der Waals surface area contributed by atoms with Crippen molar-refractivity contribution in [1.82, 2.24) is 4.90 Å². The zero-order valence-corrected chi connectivity index (χ0v) is 16.9. The molecule has 0 saturated heterocycles. The number of hydrogen-bond acceptors (Lipinski definition) is 3. The summed E-state index contributed by atoms with van der Waals surface area (Å²) in [6.07, 6.45) is 0.618. The zero-order valence-electron chi connectivity index (χ0n) is 16.9.